The highest BCUT2D eigenvalue weighted by Crippen LogP contribution is 2.38. The second-order valence-corrected chi connectivity index (χ2v) is 7.51. The summed E-state index contributed by atoms with van der Waals surface area (Å²) in [7, 11) is 2.80. The summed E-state index contributed by atoms with van der Waals surface area (Å²) >= 11 is 2.68. The van der Waals surface area contributed by atoms with Crippen molar-refractivity contribution in [3.05, 3.63) is 57.0 Å². The highest BCUT2D eigenvalue weighted by molar-refractivity contribution is 8.05. The second-order valence-electron chi connectivity index (χ2n) is 5.19. The third-order valence-electron chi connectivity index (χ3n) is 3.60. The van der Waals surface area contributed by atoms with Crippen molar-refractivity contribution in [3.63, 3.8) is 0 Å². The van der Waals surface area contributed by atoms with E-state index in [-0.39, 0.29) is 11.4 Å². The molecule has 1 heterocycles. The number of hydrogen-bond acceptors (Lipinski definition) is 8. The fourth-order valence-corrected chi connectivity index (χ4v) is 4.34. The van der Waals surface area contributed by atoms with E-state index in [0.29, 0.717) is 20.6 Å². The number of thioether (sulfide) groups is 1. The molecule has 0 fully saturated rings. The van der Waals surface area contributed by atoms with Crippen molar-refractivity contribution in [1.29, 1.82) is 5.26 Å². The lowest BCUT2D eigenvalue weighted by Gasteiger charge is -2.08. The van der Waals surface area contributed by atoms with Crippen LogP contribution in [0.5, 0.6) is 11.5 Å². The molecule has 7 nitrogen and oxygen atoms in total. The Morgan fingerprint density at radius 3 is 2.67 bits per heavy atom. The summed E-state index contributed by atoms with van der Waals surface area (Å²) in [5, 5.41) is 20.8. The van der Waals surface area contributed by atoms with Crippen molar-refractivity contribution < 1.29 is 14.4 Å². The molecule has 2 aromatic carbocycles. The summed E-state index contributed by atoms with van der Waals surface area (Å²) in [6.45, 7) is 0. The molecule has 0 radical (unpaired) electrons. The van der Waals surface area contributed by atoms with Crippen LogP contribution in [0.3, 0.4) is 0 Å². The minimum Gasteiger partial charge on any atom is -0.496 e. The van der Waals surface area contributed by atoms with E-state index in [9.17, 15) is 15.4 Å². The molecule has 0 atom stereocenters. The fourth-order valence-electron chi connectivity index (χ4n) is 2.38. The molecular formula is C18H13N3O4S2. The van der Waals surface area contributed by atoms with Crippen LogP contribution in [0.4, 0.5) is 5.69 Å². The Hall–Kier alpha value is -3.09. The van der Waals surface area contributed by atoms with Gasteiger partial charge < -0.3 is 9.47 Å². The average Bonchev–Trinajstić information content (AvgIpc) is 3.09. The van der Waals surface area contributed by atoms with Gasteiger partial charge in [0.15, 0.2) is 4.34 Å². The van der Waals surface area contributed by atoms with Crippen LogP contribution in [-0.2, 0) is 0 Å². The first-order valence-electron chi connectivity index (χ1n) is 7.61. The number of benzene rings is 2. The van der Waals surface area contributed by atoms with Gasteiger partial charge in [-0.1, -0.05) is 12.1 Å². The summed E-state index contributed by atoms with van der Waals surface area (Å²) in [4.78, 5) is 15.6. The molecule has 136 valence electrons. The number of aromatic nitrogens is 1. The number of nitrogens with zero attached hydrogens (tertiary/aromatic N) is 3. The minimum atomic E-state index is -0.539. The van der Waals surface area contributed by atoms with Crippen LogP contribution in [0, 0.1) is 21.4 Å². The van der Waals surface area contributed by atoms with Crippen LogP contribution in [0.15, 0.2) is 45.6 Å². The molecule has 0 spiro atoms. The number of ether oxygens (including phenoxy) is 2. The van der Waals surface area contributed by atoms with Crippen molar-refractivity contribution in [3.8, 4) is 17.6 Å². The van der Waals surface area contributed by atoms with Crippen molar-refractivity contribution in [2.24, 2.45) is 0 Å². The van der Waals surface area contributed by atoms with Crippen molar-refractivity contribution in [2.75, 3.05) is 14.2 Å². The van der Waals surface area contributed by atoms with E-state index in [1.54, 1.807) is 6.08 Å². The third-order valence-corrected chi connectivity index (χ3v) is 5.62. The van der Waals surface area contributed by atoms with Crippen molar-refractivity contribution in [2.45, 2.75) is 4.34 Å². The number of nitriles is 1. The van der Waals surface area contributed by atoms with E-state index < -0.39 is 4.92 Å². The van der Waals surface area contributed by atoms with Crippen LogP contribution in [0.25, 0.3) is 16.3 Å². The zero-order valence-corrected chi connectivity index (χ0v) is 16.0. The van der Waals surface area contributed by atoms with Crippen LogP contribution in [0.1, 0.15) is 5.56 Å². The highest BCUT2D eigenvalue weighted by atomic mass is 32.2. The van der Waals surface area contributed by atoms with Crippen LogP contribution in [-0.4, -0.2) is 24.1 Å². The molecule has 0 amide bonds. The number of hydrogen-bond donors (Lipinski definition) is 0. The van der Waals surface area contributed by atoms with E-state index in [0.717, 1.165) is 10.2 Å². The van der Waals surface area contributed by atoms with Gasteiger partial charge in [-0.2, -0.15) is 5.26 Å². The molecule has 0 bridgehead atoms. The Morgan fingerprint density at radius 2 is 2.04 bits per heavy atom. The largest absolute Gasteiger partial charge is 0.496 e. The Morgan fingerprint density at radius 1 is 1.30 bits per heavy atom. The molecule has 0 saturated heterocycles. The van der Waals surface area contributed by atoms with Crippen LogP contribution >= 0.6 is 23.1 Å². The van der Waals surface area contributed by atoms with Gasteiger partial charge in [0, 0.05) is 17.7 Å². The number of nitro benzene ring substituents is 1. The molecule has 0 unspecified atom stereocenters. The maximum Gasteiger partial charge on any atom is 0.311 e. The Labute approximate surface area is 163 Å². The molecule has 0 aliphatic carbocycles. The molecule has 0 N–H and O–H groups in total. The van der Waals surface area contributed by atoms with Gasteiger partial charge in [0.2, 0.25) is 5.75 Å². The molecular weight excluding hydrogens is 386 g/mol. The maximum atomic E-state index is 11.3. The first-order chi connectivity index (χ1) is 13.0. The first kappa shape index (κ1) is 18.7. The Bertz CT molecular complexity index is 1050. The van der Waals surface area contributed by atoms with Gasteiger partial charge in [0.05, 0.1) is 34.3 Å². The molecule has 9 heteroatoms. The fraction of sp³-hybridized carbons (Fsp3) is 0.111. The van der Waals surface area contributed by atoms with Crippen molar-refractivity contribution in [1.82, 2.24) is 4.98 Å². The lowest BCUT2D eigenvalue weighted by Crippen LogP contribution is -1.97. The number of fused-ring (bicyclic) bond motifs is 1. The van der Waals surface area contributed by atoms with Gasteiger partial charge in [-0.15, -0.1) is 11.3 Å². The lowest BCUT2D eigenvalue weighted by molar-refractivity contribution is -0.385. The molecule has 0 aliphatic heterocycles. The topological polar surface area (TPSA) is 98.3 Å². The van der Waals surface area contributed by atoms with Crippen LogP contribution in [0.2, 0.25) is 0 Å². The van der Waals surface area contributed by atoms with Crippen LogP contribution < -0.4 is 9.47 Å². The van der Waals surface area contributed by atoms with E-state index in [2.05, 4.69) is 11.1 Å². The monoisotopic (exact) mass is 399 g/mol. The second kappa shape index (κ2) is 8.07. The van der Waals surface area contributed by atoms with Crippen molar-refractivity contribution >= 4 is 45.1 Å². The van der Waals surface area contributed by atoms with Gasteiger partial charge in [-0.3, -0.25) is 10.1 Å². The quantitative estimate of drug-likeness (QED) is 0.252. The predicted molar refractivity (Wildman–Crippen MR) is 105 cm³/mol. The normalized spacial score (nSPS) is 11.2. The SMILES string of the molecule is COc1cc(OC)c([N+](=O)[O-])cc1/C=C(/C#N)Sc1nc2ccccc2s1. The standard InChI is InChI=1S/C18H13N3O4S2/c1-24-15-9-16(25-2)14(21(22)23)8-11(15)7-12(10-19)26-18-20-13-5-3-4-6-17(13)27-18/h3-9H,1-2H3/b12-7-. The number of methoxy groups -OCH3 is 2. The van der Waals surface area contributed by atoms with E-state index >= 15 is 0 Å². The zero-order valence-electron chi connectivity index (χ0n) is 14.3. The van der Waals surface area contributed by atoms with Gasteiger partial charge in [0.25, 0.3) is 0 Å². The minimum absolute atomic E-state index is 0.0892. The molecule has 1 aromatic heterocycles. The first-order valence-corrected chi connectivity index (χ1v) is 9.24. The summed E-state index contributed by atoms with van der Waals surface area (Å²) in [6, 6.07) is 12.6. The third kappa shape index (κ3) is 4.02. The van der Waals surface area contributed by atoms with E-state index in [1.807, 2.05) is 24.3 Å². The number of thiazole rings is 1. The summed E-state index contributed by atoms with van der Waals surface area (Å²) in [5.74, 6) is 0.460. The van der Waals surface area contributed by atoms with E-state index in [4.69, 9.17) is 9.47 Å². The number of para-hydroxylation sites is 1. The zero-order chi connectivity index (χ0) is 19.4. The van der Waals surface area contributed by atoms with Gasteiger partial charge in [-0.05, 0) is 30.0 Å². The number of rotatable bonds is 6. The Kier molecular flexibility index (Phi) is 5.59. The van der Waals surface area contributed by atoms with E-state index in [1.165, 1.54) is 49.5 Å². The molecule has 0 saturated carbocycles. The predicted octanol–water partition coefficient (Wildman–Crippen LogP) is 4.88. The smallest absolute Gasteiger partial charge is 0.311 e. The van der Waals surface area contributed by atoms with Gasteiger partial charge in [-0.25, -0.2) is 4.98 Å². The number of allylic oxidation sites excluding steroid dienone is 1. The summed E-state index contributed by atoms with van der Waals surface area (Å²) in [6.07, 6.45) is 1.54. The average molecular weight is 399 g/mol. The Balaban J connectivity index is 2.00. The van der Waals surface area contributed by atoms with Gasteiger partial charge in [0.1, 0.15) is 11.8 Å². The maximum absolute atomic E-state index is 11.3. The number of nitro groups is 1. The summed E-state index contributed by atoms with van der Waals surface area (Å²) < 4.78 is 12.1. The molecule has 0 aliphatic rings. The van der Waals surface area contributed by atoms with Gasteiger partial charge >= 0.3 is 5.69 Å². The lowest BCUT2D eigenvalue weighted by atomic mass is 10.1. The summed E-state index contributed by atoms with van der Waals surface area (Å²) in [5.41, 5.74) is 1.07. The molecule has 27 heavy (non-hydrogen) atoms. The molecule has 3 rings (SSSR count). The highest BCUT2D eigenvalue weighted by Gasteiger charge is 2.19. The molecule has 3 aromatic rings.